The van der Waals surface area contributed by atoms with Crippen molar-refractivity contribution in [1.29, 1.82) is 0 Å². The molecule has 2 aliphatic rings. The van der Waals surface area contributed by atoms with Gasteiger partial charge in [-0.3, -0.25) is 14.9 Å². The van der Waals surface area contributed by atoms with Gasteiger partial charge in [0.25, 0.3) is 5.69 Å². The predicted octanol–water partition coefficient (Wildman–Crippen LogP) is 4.04. The van der Waals surface area contributed by atoms with Crippen molar-refractivity contribution in [2.45, 2.75) is 11.7 Å². The molecule has 2 aromatic rings. The lowest BCUT2D eigenvalue weighted by Crippen LogP contribution is -2.31. The Hall–Kier alpha value is -3.00. The van der Waals surface area contributed by atoms with Crippen LogP contribution in [-0.2, 0) is 4.79 Å². The van der Waals surface area contributed by atoms with E-state index in [4.69, 9.17) is 9.47 Å². The Morgan fingerprint density at radius 2 is 1.93 bits per heavy atom. The lowest BCUT2D eigenvalue weighted by molar-refractivity contribution is -0.384. The fourth-order valence-corrected chi connectivity index (χ4v) is 4.57. The van der Waals surface area contributed by atoms with Crippen molar-refractivity contribution in [2.24, 2.45) is 0 Å². The number of nitrogens with zero attached hydrogens (tertiary/aromatic N) is 2. The Kier molecular flexibility index (Phi) is 5.71. The SMILES string of the molecule is O=C(/C=C/c1ccc([N+](=O)[O-])cc1)N1CCSC(c2ccc3c(c2)OCO3)CC1. The predicted molar refractivity (Wildman–Crippen MR) is 111 cm³/mol. The molecule has 8 heteroatoms. The van der Waals surface area contributed by atoms with Crippen molar-refractivity contribution in [3.63, 3.8) is 0 Å². The van der Waals surface area contributed by atoms with Crippen molar-refractivity contribution < 1.29 is 19.2 Å². The van der Waals surface area contributed by atoms with Crippen molar-refractivity contribution in [3.05, 3.63) is 69.8 Å². The first-order valence-electron chi connectivity index (χ1n) is 9.33. The van der Waals surface area contributed by atoms with E-state index >= 15 is 0 Å². The van der Waals surface area contributed by atoms with E-state index in [1.165, 1.54) is 23.8 Å². The second kappa shape index (κ2) is 8.57. The molecule has 7 nitrogen and oxygen atoms in total. The Bertz CT molecular complexity index is 945. The van der Waals surface area contributed by atoms with Gasteiger partial charge < -0.3 is 14.4 Å². The number of carbonyl (C=O) groups is 1. The van der Waals surface area contributed by atoms with E-state index in [1.54, 1.807) is 18.2 Å². The standard InChI is InChI=1S/C21H20N2O5S/c24-21(8-3-15-1-5-17(6-2-15)23(25)26)22-10-9-20(29-12-11-22)16-4-7-18-19(13-16)28-14-27-18/h1-8,13,20H,9-12,14H2/b8-3+. The van der Waals surface area contributed by atoms with E-state index in [0.29, 0.717) is 18.3 Å². The summed E-state index contributed by atoms with van der Waals surface area (Å²) in [5.41, 5.74) is 1.98. The summed E-state index contributed by atoms with van der Waals surface area (Å²) >= 11 is 1.84. The number of hydrogen-bond acceptors (Lipinski definition) is 6. The molecule has 4 rings (SSSR count). The van der Waals surface area contributed by atoms with Gasteiger partial charge in [-0.1, -0.05) is 6.07 Å². The minimum absolute atomic E-state index is 0.0348. The Balaban J connectivity index is 1.36. The maximum absolute atomic E-state index is 12.6. The molecule has 0 saturated carbocycles. The fraction of sp³-hybridized carbons (Fsp3) is 0.286. The first kappa shape index (κ1) is 19.3. The van der Waals surface area contributed by atoms with Gasteiger partial charge in [-0.15, -0.1) is 0 Å². The maximum atomic E-state index is 12.6. The molecule has 2 aromatic carbocycles. The highest BCUT2D eigenvalue weighted by Crippen LogP contribution is 2.40. The lowest BCUT2D eigenvalue weighted by atomic mass is 10.1. The van der Waals surface area contributed by atoms with Gasteiger partial charge in [0.2, 0.25) is 12.7 Å². The molecule has 29 heavy (non-hydrogen) atoms. The van der Waals surface area contributed by atoms with E-state index in [9.17, 15) is 14.9 Å². The largest absolute Gasteiger partial charge is 0.454 e. The molecule has 150 valence electrons. The fourth-order valence-electron chi connectivity index (χ4n) is 3.35. The van der Waals surface area contributed by atoms with Crippen LogP contribution < -0.4 is 9.47 Å². The summed E-state index contributed by atoms with van der Waals surface area (Å²) in [6.07, 6.45) is 4.09. The summed E-state index contributed by atoms with van der Waals surface area (Å²) < 4.78 is 10.8. The third-order valence-corrected chi connectivity index (χ3v) is 6.27. The van der Waals surface area contributed by atoms with Crippen molar-refractivity contribution in [3.8, 4) is 11.5 Å². The average molecular weight is 412 g/mol. The van der Waals surface area contributed by atoms with Crippen LogP contribution in [0.25, 0.3) is 6.08 Å². The number of nitro benzene ring substituents is 1. The van der Waals surface area contributed by atoms with Crippen LogP contribution in [0.3, 0.4) is 0 Å². The summed E-state index contributed by atoms with van der Waals surface area (Å²) in [6, 6.07) is 12.2. The zero-order chi connectivity index (χ0) is 20.2. The molecule has 0 N–H and O–H groups in total. The van der Waals surface area contributed by atoms with E-state index in [1.807, 2.05) is 28.8 Å². The summed E-state index contributed by atoms with van der Waals surface area (Å²) in [7, 11) is 0. The van der Waals surface area contributed by atoms with E-state index < -0.39 is 4.92 Å². The maximum Gasteiger partial charge on any atom is 0.269 e. The molecule has 2 heterocycles. The molecule has 0 radical (unpaired) electrons. The minimum atomic E-state index is -0.440. The first-order chi connectivity index (χ1) is 14.1. The molecule has 1 fully saturated rings. The second-order valence-corrected chi connectivity index (χ2v) is 8.08. The van der Waals surface area contributed by atoms with E-state index in [2.05, 4.69) is 6.07 Å². The van der Waals surface area contributed by atoms with Crippen molar-refractivity contribution in [1.82, 2.24) is 4.90 Å². The highest BCUT2D eigenvalue weighted by atomic mass is 32.2. The van der Waals surface area contributed by atoms with Crippen LogP contribution in [0, 0.1) is 10.1 Å². The molecule has 1 amide bonds. The molecule has 0 bridgehead atoms. The Morgan fingerprint density at radius 3 is 2.72 bits per heavy atom. The summed E-state index contributed by atoms with van der Waals surface area (Å²) in [5.74, 6) is 2.37. The van der Waals surface area contributed by atoms with Gasteiger partial charge in [0.05, 0.1) is 4.92 Å². The number of non-ortho nitro benzene ring substituents is 1. The van der Waals surface area contributed by atoms with E-state index in [-0.39, 0.29) is 18.4 Å². The summed E-state index contributed by atoms with van der Waals surface area (Å²) in [5, 5.41) is 11.0. The quantitative estimate of drug-likeness (QED) is 0.428. The van der Waals surface area contributed by atoms with Crippen LogP contribution in [0.4, 0.5) is 5.69 Å². The Labute approximate surface area is 172 Å². The van der Waals surface area contributed by atoms with Gasteiger partial charge in [-0.25, -0.2) is 0 Å². The molecule has 1 atom stereocenters. The monoisotopic (exact) mass is 412 g/mol. The van der Waals surface area contributed by atoms with Crippen LogP contribution in [-0.4, -0.2) is 41.4 Å². The average Bonchev–Trinajstić information content (AvgIpc) is 3.07. The zero-order valence-electron chi connectivity index (χ0n) is 15.7. The first-order valence-corrected chi connectivity index (χ1v) is 10.4. The van der Waals surface area contributed by atoms with Gasteiger partial charge in [0.1, 0.15) is 0 Å². The van der Waals surface area contributed by atoms with Gasteiger partial charge in [0.15, 0.2) is 11.5 Å². The number of ether oxygens (including phenoxy) is 2. The zero-order valence-corrected chi connectivity index (χ0v) is 16.5. The van der Waals surface area contributed by atoms with Gasteiger partial charge in [0, 0.05) is 42.3 Å². The van der Waals surface area contributed by atoms with Crippen LogP contribution in [0.5, 0.6) is 11.5 Å². The minimum Gasteiger partial charge on any atom is -0.454 e. The number of amides is 1. The number of nitro groups is 1. The molecular formula is C21H20N2O5S. The number of carbonyl (C=O) groups excluding carboxylic acids is 1. The van der Waals surface area contributed by atoms with Crippen molar-refractivity contribution >= 4 is 29.4 Å². The van der Waals surface area contributed by atoms with Crippen molar-refractivity contribution in [2.75, 3.05) is 25.6 Å². The van der Waals surface area contributed by atoms with Crippen LogP contribution in [0.2, 0.25) is 0 Å². The smallest absolute Gasteiger partial charge is 0.269 e. The molecule has 0 aliphatic carbocycles. The van der Waals surface area contributed by atoms with Crippen LogP contribution in [0.15, 0.2) is 48.5 Å². The third-order valence-electron chi connectivity index (χ3n) is 4.94. The van der Waals surface area contributed by atoms with Crippen LogP contribution >= 0.6 is 11.8 Å². The second-order valence-electron chi connectivity index (χ2n) is 6.77. The summed E-state index contributed by atoms with van der Waals surface area (Å²) in [4.78, 5) is 24.7. The topological polar surface area (TPSA) is 81.9 Å². The van der Waals surface area contributed by atoms with Crippen LogP contribution in [0.1, 0.15) is 22.8 Å². The molecule has 0 aromatic heterocycles. The van der Waals surface area contributed by atoms with Gasteiger partial charge in [-0.05, 0) is 47.9 Å². The number of thioether (sulfide) groups is 1. The lowest BCUT2D eigenvalue weighted by Gasteiger charge is -2.18. The van der Waals surface area contributed by atoms with E-state index in [0.717, 1.165) is 29.2 Å². The summed E-state index contributed by atoms with van der Waals surface area (Å²) in [6.45, 7) is 1.63. The third kappa shape index (κ3) is 4.54. The number of hydrogen-bond donors (Lipinski definition) is 0. The number of fused-ring (bicyclic) bond motifs is 1. The highest BCUT2D eigenvalue weighted by molar-refractivity contribution is 7.99. The van der Waals surface area contributed by atoms with Gasteiger partial charge >= 0.3 is 0 Å². The normalized spacial score (nSPS) is 18.6. The molecule has 1 saturated heterocycles. The van der Waals surface area contributed by atoms with Gasteiger partial charge in [-0.2, -0.15) is 11.8 Å². The number of rotatable bonds is 4. The molecule has 1 unspecified atom stereocenters. The Morgan fingerprint density at radius 1 is 1.14 bits per heavy atom. The molecule has 0 spiro atoms. The number of benzene rings is 2. The molecule has 2 aliphatic heterocycles. The molecular weight excluding hydrogens is 392 g/mol. The highest BCUT2D eigenvalue weighted by Gasteiger charge is 2.23.